The van der Waals surface area contributed by atoms with Gasteiger partial charge in [0.2, 0.25) is 0 Å². The van der Waals surface area contributed by atoms with Gasteiger partial charge in [-0.2, -0.15) is 13.2 Å². The highest BCUT2D eigenvalue weighted by Gasteiger charge is 2.35. The molecule has 0 bridgehead atoms. The van der Waals surface area contributed by atoms with Gasteiger partial charge in [-0.3, -0.25) is 15.0 Å². The fourth-order valence-electron chi connectivity index (χ4n) is 3.03. The van der Waals surface area contributed by atoms with Crippen LogP contribution in [-0.4, -0.2) is 29.5 Å². The molecule has 5 nitrogen and oxygen atoms in total. The van der Waals surface area contributed by atoms with Gasteiger partial charge >= 0.3 is 6.18 Å². The number of hydrogen-bond donors (Lipinski definition) is 1. The Morgan fingerprint density at radius 2 is 1.74 bits per heavy atom. The SMILES string of the molecule is CCc1c(OC)cccc1C(=O)NN(C(=O)c1cc(F)cc(C(F)(F)F)c1)C(C)(C)C. The summed E-state index contributed by atoms with van der Waals surface area (Å²) in [5, 5.41) is 0.892. The molecule has 0 aliphatic rings. The van der Waals surface area contributed by atoms with Crippen molar-refractivity contribution in [2.75, 3.05) is 7.11 Å². The number of benzene rings is 2. The van der Waals surface area contributed by atoms with Gasteiger partial charge < -0.3 is 4.74 Å². The minimum absolute atomic E-state index is 0.249. The van der Waals surface area contributed by atoms with Gasteiger partial charge in [-0.05, 0) is 57.5 Å². The number of carbonyl (C=O) groups is 2. The first-order valence-corrected chi connectivity index (χ1v) is 9.48. The lowest BCUT2D eigenvalue weighted by atomic mass is 10.0. The average molecular weight is 440 g/mol. The molecule has 0 atom stereocenters. The van der Waals surface area contributed by atoms with Gasteiger partial charge in [0.25, 0.3) is 11.8 Å². The summed E-state index contributed by atoms with van der Waals surface area (Å²) in [4.78, 5) is 26.0. The molecule has 168 valence electrons. The highest BCUT2D eigenvalue weighted by molar-refractivity contribution is 6.00. The summed E-state index contributed by atoms with van der Waals surface area (Å²) in [6.45, 7) is 6.58. The largest absolute Gasteiger partial charge is 0.496 e. The molecule has 0 radical (unpaired) electrons. The van der Waals surface area contributed by atoms with Crippen LogP contribution < -0.4 is 10.2 Å². The van der Waals surface area contributed by atoms with Crippen LogP contribution in [0.25, 0.3) is 0 Å². The van der Waals surface area contributed by atoms with Gasteiger partial charge in [0.05, 0.1) is 18.2 Å². The first kappa shape index (κ1) is 24.2. The molecule has 0 unspecified atom stereocenters. The Hall–Kier alpha value is -3.10. The first-order chi connectivity index (χ1) is 14.3. The van der Waals surface area contributed by atoms with E-state index < -0.39 is 40.5 Å². The number of methoxy groups -OCH3 is 1. The monoisotopic (exact) mass is 440 g/mol. The molecule has 0 aliphatic heterocycles. The van der Waals surface area contributed by atoms with Gasteiger partial charge in [0.15, 0.2) is 0 Å². The number of amides is 2. The lowest BCUT2D eigenvalue weighted by molar-refractivity contribution is -0.137. The Balaban J connectivity index is 2.46. The molecule has 0 heterocycles. The first-order valence-electron chi connectivity index (χ1n) is 9.48. The van der Waals surface area contributed by atoms with Crippen molar-refractivity contribution >= 4 is 11.8 Å². The normalized spacial score (nSPS) is 11.8. The van der Waals surface area contributed by atoms with Crippen LogP contribution in [0, 0.1) is 5.82 Å². The predicted molar refractivity (Wildman–Crippen MR) is 107 cm³/mol. The molecule has 31 heavy (non-hydrogen) atoms. The number of nitrogens with zero attached hydrogens (tertiary/aromatic N) is 1. The Kier molecular flexibility index (Phi) is 6.98. The molecule has 0 aliphatic carbocycles. The van der Waals surface area contributed by atoms with Crippen molar-refractivity contribution in [3.63, 3.8) is 0 Å². The van der Waals surface area contributed by atoms with E-state index in [9.17, 15) is 27.2 Å². The van der Waals surface area contributed by atoms with Crippen molar-refractivity contribution in [1.29, 1.82) is 0 Å². The second-order valence-corrected chi connectivity index (χ2v) is 7.82. The molecule has 0 spiro atoms. The second-order valence-electron chi connectivity index (χ2n) is 7.82. The minimum Gasteiger partial charge on any atom is -0.496 e. The van der Waals surface area contributed by atoms with E-state index in [1.165, 1.54) is 7.11 Å². The maximum absolute atomic E-state index is 13.8. The fourth-order valence-corrected chi connectivity index (χ4v) is 3.03. The molecular formula is C22H24F4N2O3. The van der Waals surface area contributed by atoms with Gasteiger partial charge in [-0.1, -0.05) is 13.0 Å². The van der Waals surface area contributed by atoms with E-state index in [1.54, 1.807) is 39.0 Å². The molecule has 0 aromatic heterocycles. The molecule has 2 rings (SSSR count). The number of nitrogens with one attached hydrogen (secondary N) is 1. The van der Waals surface area contributed by atoms with Crippen molar-refractivity contribution in [2.45, 2.75) is 45.8 Å². The number of carbonyl (C=O) groups excluding carboxylic acids is 2. The van der Waals surface area contributed by atoms with E-state index in [0.717, 1.165) is 5.01 Å². The van der Waals surface area contributed by atoms with E-state index in [0.29, 0.717) is 35.9 Å². The van der Waals surface area contributed by atoms with E-state index in [1.807, 2.05) is 6.92 Å². The second kappa shape index (κ2) is 8.95. The summed E-state index contributed by atoms with van der Waals surface area (Å²) < 4.78 is 58.3. The number of hydrogen-bond acceptors (Lipinski definition) is 3. The van der Waals surface area contributed by atoms with Gasteiger partial charge in [0, 0.05) is 16.7 Å². The Labute approximate surface area is 178 Å². The number of alkyl halides is 3. The van der Waals surface area contributed by atoms with Crippen molar-refractivity contribution < 1.29 is 31.9 Å². The van der Waals surface area contributed by atoms with Crippen LogP contribution >= 0.6 is 0 Å². The van der Waals surface area contributed by atoms with Crippen molar-refractivity contribution in [1.82, 2.24) is 10.4 Å². The Bertz CT molecular complexity index is 982. The summed E-state index contributed by atoms with van der Waals surface area (Å²) in [5.41, 5.74) is 0.458. The summed E-state index contributed by atoms with van der Waals surface area (Å²) in [6.07, 6.45) is -4.36. The fraction of sp³-hybridized carbons (Fsp3) is 0.364. The van der Waals surface area contributed by atoms with E-state index >= 15 is 0 Å². The smallest absolute Gasteiger partial charge is 0.416 e. The zero-order valence-electron chi connectivity index (χ0n) is 17.9. The predicted octanol–water partition coefficient (Wildman–Crippen LogP) is 5.00. The molecule has 0 fully saturated rings. The zero-order chi connectivity index (χ0) is 23.6. The zero-order valence-corrected chi connectivity index (χ0v) is 17.9. The molecule has 2 aromatic carbocycles. The van der Waals surface area contributed by atoms with E-state index in [-0.39, 0.29) is 5.56 Å². The average Bonchev–Trinajstić information content (AvgIpc) is 2.68. The lowest BCUT2D eigenvalue weighted by Gasteiger charge is -2.35. The quantitative estimate of drug-likeness (QED) is 0.538. The maximum Gasteiger partial charge on any atom is 0.416 e. The van der Waals surface area contributed by atoms with E-state index in [2.05, 4.69) is 5.43 Å². The van der Waals surface area contributed by atoms with Crippen LogP contribution in [0.3, 0.4) is 0 Å². The summed E-state index contributed by atoms with van der Waals surface area (Å²) in [6, 6.07) is 6.41. The van der Waals surface area contributed by atoms with Gasteiger partial charge in [0.1, 0.15) is 11.6 Å². The van der Waals surface area contributed by atoms with Crippen LogP contribution in [0.15, 0.2) is 36.4 Å². The third-order valence-electron chi connectivity index (χ3n) is 4.51. The molecule has 0 saturated heterocycles. The highest BCUT2D eigenvalue weighted by atomic mass is 19.4. The molecule has 0 saturated carbocycles. The van der Waals surface area contributed by atoms with E-state index in [4.69, 9.17) is 4.74 Å². The number of hydrazine groups is 1. The van der Waals surface area contributed by atoms with Crippen molar-refractivity contribution in [3.8, 4) is 5.75 Å². The van der Waals surface area contributed by atoms with Crippen molar-refractivity contribution in [2.24, 2.45) is 0 Å². The van der Waals surface area contributed by atoms with Crippen LogP contribution in [0.2, 0.25) is 0 Å². The number of rotatable bonds is 4. The summed E-state index contributed by atoms with van der Waals surface area (Å²) >= 11 is 0. The Morgan fingerprint density at radius 3 is 2.26 bits per heavy atom. The molecular weight excluding hydrogens is 416 g/mol. The topological polar surface area (TPSA) is 58.6 Å². The molecule has 2 amide bonds. The lowest BCUT2D eigenvalue weighted by Crippen LogP contribution is -2.56. The number of ether oxygens (including phenoxy) is 1. The summed E-state index contributed by atoms with van der Waals surface area (Å²) in [7, 11) is 1.46. The standard InChI is InChI=1S/C22H24F4N2O3/c1-6-16-17(8-7-9-18(16)31-5)19(29)27-28(21(2,3)4)20(30)13-10-14(22(24,25)26)12-15(23)11-13/h7-12H,6H2,1-5H3,(H,27,29). The molecule has 9 heteroatoms. The van der Waals surface area contributed by atoms with Crippen LogP contribution in [-0.2, 0) is 12.6 Å². The molecule has 1 N–H and O–H groups in total. The van der Waals surface area contributed by atoms with Crippen molar-refractivity contribution in [3.05, 3.63) is 64.5 Å². The highest BCUT2D eigenvalue weighted by Crippen LogP contribution is 2.31. The summed E-state index contributed by atoms with van der Waals surface area (Å²) in [5.74, 6) is -2.35. The Morgan fingerprint density at radius 1 is 1.10 bits per heavy atom. The third kappa shape index (κ3) is 5.53. The van der Waals surface area contributed by atoms with Gasteiger partial charge in [-0.15, -0.1) is 0 Å². The maximum atomic E-state index is 13.8. The van der Waals surface area contributed by atoms with Crippen LogP contribution in [0.5, 0.6) is 5.75 Å². The minimum atomic E-state index is -4.83. The number of halogens is 4. The van der Waals surface area contributed by atoms with Gasteiger partial charge in [-0.25, -0.2) is 9.40 Å². The van der Waals surface area contributed by atoms with Crippen LogP contribution in [0.4, 0.5) is 17.6 Å². The molecule has 2 aromatic rings. The third-order valence-corrected chi connectivity index (χ3v) is 4.51. The van der Waals surface area contributed by atoms with Crippen LogP contribution in [0.1, 0.15) is 59.5 Å².